The molecule has 0 saturated heterocycles. The molecule has 0 radical (unpaired) electrons. The zero-order chi connectivity index (χ0) is 27.2. The first-order valence-corrected chi connectivity index (χ1v) is 13.6. The number of ether oxygens (including phenoxy) is 2. The Balaban J connectivity index is 1.28. The summed E-state index contributed by atoms with van der Waals surface area (Å²) in [5, 5.41) is 14.8. The van der Waals surface area contributed by atoms with Crippen LogP contribution in [0.2, 0.25) is 0 Å². The number of rotatable bonds is 8. The number of fused-ring (bicyclic) bond motifs is 1. The number of benzene rings is 3. The maximum atomic E-state index is 13.4. The van der Waals surface area contributed by atoms with E-state index in [-0.39, 0.29) is 11.8 Å². The van der Waals surface area contributed by atoms with E-state index in [1.54, 1.807) is 30.3 Å². The predicted molar refractivity (Wildman–Crippen MR) is 149 cm³/mol. The Morgan fingerprint density at radius 3 is 2.18 bits per heavy atom. The summed E-state index contributed by atoms with van der Waals surface area (Å²) < 4.78 is 11.2. The van der Waals surface area contributed by atoms with Gasteiger partial charge in [0.05, 0.1) is 11.8 Å². The quantitative estimate of drug-likeness (QED) is 0.252. The van der Waals surface area contributed by atoms with Gasteiger partial charge >= 0.3 is 5.97 Å². The van der Waals surface area contributed by atoms with Crippen molar-refractivity contribution in [3.05, 3.63) is 90.5 Å². The van der Waals surface area contributed by atoms with Gasteiger partial charge in [-0.05, 0) is 54.8 Å². The van der Waals surface area contributed by atoms with Gasteiger partial charge in [-0.25, -0.2) is 0 Å². The number of carbonyl (C=O) groups excluding carboxylic acids is 2. The number of allylic oxidation sites excluding steroid dienone is 2. The molecule has 1 heterocycles. The molecule has 3 aromatic rings. The highest BCUT2D eigenvalue weighted by molar-refractivity contribution is 8.00. The van der Waals surface area contributed by atoms with Crippen LogP contribution < -0.4 is 20.1 Å². The molecule has 0 bridgehead atoms. The fraction of sp³-hybridized carbons (Fsp3) is 0.233. The maximum absolute atomic E-state index is 13.4. The van der Waals surface area contributed by atoms with Crippen LogP contribution in [0.15, 0.2) is 89.8 Å². The Labute approximate surface area is 230 Å². The molecule has 3 atom stereocenters. The minimum Gasteiger partial charge on any atom is -0.486 e. The van der Waals surface area contributed by atoms with Crippen LogP contribution in [0.4, 0.5) is 11.4 Å². The summed E-state index contributed by atoms with van der Waals surface area (Å²) in [5.74, 6) is -1.57. The van der Waals surface area contributed by atoms with Crippen LogP contribution in [0.5, 0.6) is 11.5 Å². The van der Waals surface area contributed by atoms with Gasteiger partial charge in [0.2, 0.25) is 11.8 Å². The van der Waals surface area contributed by atoms with Gasteiger partial charge in [-0.15, -0.1) is 11.8 Å². The SMILES string of the molecule is O=C(O)[C@H]1CC=CC[C@H]1C(=O)Nc1ccc(S[C@@H](C(=O)Nc2ccc3c(c2)OCCO3)c2ccccc2)cc1. The van der Waals surface area contributed by atoms with Crippen LogP contribution in [-0.4, -0.2) is 36.1 Å². The summed E-state index contributed by atoms with van der Waals surface area (Å²) in [5.41, 5.74) is 2.03. The third-order valence-corrected chi connectivity index (χ3v) is 7.88. The predicted octanol–water partition coefficient (Wildman–Crippen LogP) is 5.54. The van der Waals surface area contributed by atoms with Gasteiger partial charge < -0.3 is 25.2 Å². The van der Waals surface area contributed by atoms with E-state index in [1.165, 1.54) is 11.8 Å². The lowest BCUT2D eigenvalue weighted by atomic mass is 9.82. The highest BCUT2D eigenvalue weighted by Crippen LogP contribution is 2.38. The lowest BCUT2D eigenvalue weighted by Crippen LogP contribution is -2.34. The molecule has 0 unspecified atom stereocenters. The maximum Gasteiger partial charge on any atom is 0.307 e. The Kier molecular flexibility index (Phi) is 8.17. The standard InChI is InChI=1S/C30H28N2O6S/c33-28(23-8-4-5-9-24(23)30(35)36)31-20-10-13-22(14-11-20)39-27(19-6-2-1-3-7-19)29(34)32-21-12-15-25-26(18-21)38-17-16-37-25/h1-7,10-15,18,23-24,27H,8-9,16-17H2,(H,31,33)(H,32,34)(H,35,36)/t23-,24+,27-/m1/s1. The van der Waals surface area contributed by atoms with Crippen LogP contribution in [0.25, 0.3) is 0 Å². The fourth-order valence-electron chi connectivity index (χ4n) is 4.59. The average molecular weight is 545 g/mol. The van der Waals surface area contributed by atoms with Gasteiger partial charge in [-0.3, -0.25) is 14.4 Å². The van der Waals surface area contributed by atoms with E-state index in [1.807, 2.05) is 54.6 Å². The molecule has 0 spiro atoms. The number of amides is 2. The lowest BCUT2D eigenvalue weighted by molar-refractivity contribution is -0.146. The van der Waals surface area contributed by atoms with Gasteiger partial charge in [0.15, 0.2) is 11.5 Å². The molecule has 2 aliphatic rings. The molecule has 9 heteroatoms. The van der Waals surface area contributed by atoms with Gasteiger partial charge in [0, 0.05) is 22.3 Å². The lowest BCUT2D eigenvalue weighted by Gasteiger charge is -2.24. The summed E-state index contributed by atoms with van der Waals surface area (Å²) in [7, 11) is 0. The number of aliphatic carboxylic acids is 1. The number of thioether (sulfide) groups is 1. The number of carboxylic acid groups (broad SMARTS) is 1. The molecule has 39 heavy (non-hydrogen) atoms. The number of anilines is 2. The molecule has 200 valence electrons. The van der Waals surface area contributed by atoms with Crippen molar-refractivity contribution in [2.75, 3.05) is 23.8 Å². The van der Waals surface area contributed by atoms with Crippen LogP contribution in [-0.2, 0) is 14.4 Å². The second-order valence-corrected chi connectivity index (χ2v) is 10.4. The first-order valence-electron chi connectivity index (χ1n) is 12.7. The van der Waals surface area contributed by atoms with Gasteiger partial charge in [-0.1, -0.05) is 42.5 Å². The number of nitrogens with one attached hydrogen (secondary N) is 2. The molecule has 0 fully saturated rings. The van der Waals surface area contributed by atoms with E-state index >= 15 is 0 Å². The van der Waals surface area contributed by atoms with Crippen molar-refractivity contribution < 1.29 is 29.0 Å². The Hall–Kier alpha value is -4.24. The van der Waals surface area contributed by atoms with E-state index in [4.69, 9.17) is 9.47 Å². The zero-order valence-corrected chi connectivity index (χ0v) is 21.9. The molecule has 3 N–H and O–H groups in total. The highest BCUT2D eigenvalue weighted by atomic mass is 32.2. The zero-order valence-electron chi connectivity index (χ0n) is 21.0. The molecule has 1 aliphatic carbocycles. The smallest absolute Gasteiger partial charge is 0.307 e. The molecular formula is C30H28N2O6S. The van der Waals surface area contributed by atoms with E-state index < -0.39 is 23.1 Å². The Bertz CT molecular complexity index is 1380. The first-order chi connectivity index (χ1) is 19.0. The van der Waals surface area contributed by atoms with Crippen LogP contribution >= 0.6 is 11.8 Å². The van der Waals surface area contributed by atoms with Gasteiger partial charge in [-0.2, -0.15) is 0 Å². The molecule has 0 aromatic heterocycles. The van der Waals surface area contributed by atoms with Crippen molar-refractivity contribution in [2.45, 2.75) is 23.0 Å². The van der Waals surface area contributed by atoms with E-state index in [0.29, 0.717) is 48.9 Å². The normalized spacial score (nSPS) is 18.6. The molecule has 2 amide bonds. The van der Waals surface area contributed by atoms with Crippen LogP contribution in [0.1, 0.15) is 23.7 Å². The van der Waals surface area contributed by atoms with E-state index in [9.17, 15) is 19.5 Å². The Morgan fingerprint density at radius 1 is 0.795 bits per heavy atom. The molecule has 8 nitrogen and oxygen atoms in total. The minimum absolute atomic E-state index is 0.190. The number of carbonyl (C=O) groups is 3. The average Bonchev–Trinajstić information content (AvgIpc) is 2.97. The number of carboxylic acids is 1. The first kappa shape index (κ1) is 26.4. The van der Waals surface area contributed by atoms with Crippen LogP contribution in [0.3, 0.4) is 0 Å². The summed E-state index contributed by atoms with van der Waals surface area (Å²) in [6.45, 7) is 0.954. The van der Waals surface area contributed by atoms with E-state index in [0.717, 1.165) is 10.5 Å². The monoisotopic (exact) mass is 544 g/mol. The molecule has 5 rings (SSSR count). The minimum atomic E-state index is -0.965. The second-order valence-electron chi connectivity index (χ2n) is 9.26. The molecule has 0 saturated carbocycles. The number of hydrogen-bond acceptors (Lipinski definition) is 6. The van der Waals surface area contributed by atoms with Gasteiger partial charge in [0.1, 0.15) is 18.5 Å². The topological polar surface area (TPSA) is 114 Å². The van der Waals surface area contributed by atoms with Crippen molar-refractivity contribution in [3.63, 3.8) is 0 Å². The van der Waals surface area contributed by atoms with Crippen molar-refractivity contribution in [2.24, 2.45) is 11.8 Å². The fourth-order valence-corrected chi connectivity index (χ4v) is 5.62. The van der Waals surface area contributed by atoms with Crippen molar-refractivity contribution in [1.29, 1.82) is 0 Å². The van der Waals surface area contributed by atoms with E-state index in [2.05, 4.69) is 10.6 Å². The summed E-state index contributed by atoms with van der Waals surface area (Å²) in [6, 6.07) is 22.0. The second kappa shape index (κ2) is 12.1. The molecular weight excluding hydrogens is 516 g/mol. The number of hydrogen-bond donors (Lipinski definition) is 3. The van der Waals surface area contributed by atoms with Crippen molar-refractivity contribution >= 4 is 40.9 Å². The summed E-state index contributed by atoms with van der Waals surface area (Å²) in [4.78, 5) is 38.6. The van der Waals surface area contributed by atoms with Gasteiger partial charge in [0.25, 0.3) is 0 Å². The molecule has 1 aliphatic heterocycles. The summed E-state index contributed by atoms with van der Waals surface area (Å²) >= 11 is 1.39. The Morgan fingerprint density at radius 2 is 1.46 bits per heavy atom. The molecule has 3 aromatic carbocycles. The largest absolute Gasteiger partial charge is 0.486 e. The van der Waals surface area contributed by atoms with Crippen molar-refractivity contribution in [3.8, 4) is 11.5 Å². The summed E-state index contributed by atoms with van der Waals surface area (Å²) in [6.07, 6.45) is 4.40. The third kappa shape index (κ3) is 6.43. The van der Waals surface area contributed by atoms with Crippen LogP contribution in [0, 0.1) is 11.8 Å². The van der Waals surface area contributed by atoms with Crippen molar-refractivity contribution in [1.82, 2.24) is 0 Å². The highest BCUT2D eigenvalue weighted by Gasteiger charge is 2.34. The third-order valence-electron chi connectivity index (χ3n) is 6.61.